The Hall–Kier alpha value is -1.07. The van der Waals surface area contributed by atoms with E-state index in [9.17, 15) is 8.42 Å². The van der Waals surface area contributed by atoms with Crippen LogP contribution in [0.3, 0.4) is 0 Å². The van der Waals surface area contributed by atoms with Crippen LogP contribution < -0.4 is 9.46 Å². The summed E-state index contributed by atoms with van der Waals surface area (Å²) >= 11 is 0. The third kappa shape index (κ3) is 4.71. The van der Waals surface area contributed by atoms with Crippen molar-refractivity contribution in [3.63, 3.8) is 0 Å². The zero-order chi connectivity index (χ0) is 16.2. The highest BCUT2D eigenvalue weighted by Crippen LogP contribution is 2.27. The van der Waals surface area contributed by atoms with Crippen molar-refractivity contribution >= 4 is 10.0 Å². The first kappa shape index (κ1) is 17.3. The topological polar surface area (TPSA) is 55.4 Å². The summed E-state index contributed by atoms with van der Waals surface area (Å²) in [5.74, 6) is 1.75. The van der Waals surface area contributed by atoms with Gasteiger partial charge >= 0.3 is 0 Å². The van der Waals surface area contributed by atoms with Crippen LogP contribution in [-0.4, -0.2) is 26.8 Å². The number of benzene rings is 1. The first-order valence-electron chi connectivity index (χ1n) is 8.14. The van der Waals surface area contributed by atoms with E-state index < -0.39 is 10.0 Å². The Kier molecular flexibility index (Phi) is 5.87. The lowest BCUT2D eigenvalue weighted by Gasteiger charge is -2.21. The lowest BCUT2D eigenvalue weighted by molar-refractivity contribution is 0.234. The van der Waals surface area contributed by atoms with E-state index >= 15 is 0 Å². The summed E-state index contributed by atoms with van der Waals surface area (Å²) in [7, 11) is -3.14. The van der Waals surface area contributed by atoms with Gasteiger partial charge in [0.1, 0.15) is 5.75 Å². The van der Waals surface area contributed by atoms with E-state index in [0.29, 0.717) is 12.5 Å². The standard InChI is InChI=1S/C17H27NO3S/c1-4-22(19,20)18-17-7-5-6-15(17)12-21-16-10-8-14(9-11-16)13(2)3/h8-11,13,15,17-18H,4-7,12H2,1-3H3/t15-,17+/m1/s1. The first-order chi connectivity index (χ1) is 10.4. The monoisotopic (exact) mass is 325 g/mol. The molecule has 22 heavy (non-hydrogen) atoms. The Balaban J connectivity index is 1.90. The number of ether oxygens (including phenoxy) is 1. The van der Waals surface area contributed by atoms with E-state index in [1.165, 1.54) is 5.56 Å². The molecule has 4 nitrogen and oxygen atoms in total. The van der Waals surface area contributed by atoms with Crippen molar-refractivity contribution in [1.29, 1.82) is 0 Å². The molecule has 1 aromatic carbocycles. The van der Waals surface area contributed by atoms with Gasteiger partial charge in [-0.15, -0.1) is 0 Å². The van der Waals surface area contributed by atoms with Gasteiger partial charge in [-0.2, -0.15) is 0 Å². The summed E-state index contributed by atoms with van der Waals surface area (Å²) in [5.41, 5.74) is 1.29. The molecule has 5 heteroatoms. The minimum atomic E-state index is -3.14. The van der Waals surface area contributed by atoms with Gasteiger partial charge in [0.2, 0.25) is 10.0 Å². The van der Waals surface area contributed by atoms with Crippen LogP contribution in [0, 0.1) is 5.92 Å². The van der Waals surface area contributed by atoms with Crippen molar-refractivity contribution in [2.75, 3.05) is 12.4 Å². The lowest BCUT2D eigenvalue weighted by Crippen LogP contribution is -2.40. The minimum Gasteiger partial charge on any atom is -0.493 e. The molecule has 0 radical (unpaired) electrons. The molecule has 1 aliphatic rings. The summed E-state index contributed by atoms with van der Waals surface area (Å²) in [4.78, 5) is 0. The number of hydrogen-bond donors (Lipinski definition) is 1. The minimum absolute atomic E-state index is 0.0138. The van der Waals surface area contributed by atoms with Gasteiger partial charge < -0.3 is 4.74 Å². The van der Waals surface area contributed by atoms with Crippen LogP contribution in [0.25, 0.3) is 0 Å². The van der Waals surface area contributed by atoms with Crippen molar-refractivity contribution < 1.29 is 13.2 Å². The molecule has 2 rings (SSSR count). The molecule has 2 atom stereocenters. The predicted octanol–water partition coefficient (Wildman–Crippen LogP) is 3.30. The molecule has 1 fully saturated rings. The Morgan fingerprint density at radius 1 is 1.23 bits per heavy atom. The van der Waals surface area contributed by atoms with Crippen LogP contribution in [0.15, 0.2) is 24.3 Å². The van der Waals surface area contributed by atoms with Crippen molar-refractivity contribution in [2.24, 2.45) is 5.92 Å². The molecule has 1 N–H and O–H groups in total. The quantitative estimate of drug-likeness (QED) is 0.837. The highest BCUT2D eigenvalue weighted by molar-refractivity contribution is 7.89. The smallest absolute Gasteiger partial charge is 0.211 e. The Morgan fingerprint density at radius 2 is 1.91 bits per heavy atom. The molecule has 1 saturated carbocycles. The third-order valence-electron chi connectivity index (χ3n) is 4.38. The SMILES string of the molecule is CCS(=O)(=O)N[C@H]1CCC[C@@H]1COc1ccc(C(C)C)cc1. The van der Waals surface area contributed by atoms with Gasteiger partial charge in [0.25, 0.3) is 0 Å². The molecule has 0 bridgehead atoms. The Morgan fingerprint density at radius 3 is 2.50 bits per heavy atom. The highest BCUT2D eigenvalue weighted by atomic mass is 32.2. The molecular weight excluding hydrogens is 298 g/mol. The van der Waals surface area contributed by atoms with Gasteiger partial charge in [0, 0.05) is 12.0 Å². The first-order valence-corrected chi connectivity index (χ1v) is 9.79. The van der Waals surface area contributed by atoms with Crippen molar-refractivity contribution in [3.05, 3.63) is 29.8 Å². The fraction of sp³-hybridized carbons (Fsp3) is 0.647. The summed E-state index contributed by atoms with van der Waals surface area (Å²) in [6.45, 7) is 6.56. The maximum absolute atomic E-state index is 11.7. The van der Waals surface area contributed by atoms with Gasteiger partial charge in [0.05, 0.1) is 12.4 Å². The predicted molar refractivity (Wildman–Crippen MR) is 89.8 cm³/mol. The second-order valence-electron chi connectivity index (χ2n) is 6.35. The Labute approximate surface area is 134 Å². The van der Waals surface area contributed by atoms with Gasteiger partial charge in [0.15, 0.2) is 0 Å². The molecular formula is C17H27NO3S. The zero-order valence-corrected chi connectivity index (χ0v) is 14.5. The molecule has 124 valence electrons. The zero-order valence-electron chi connectivity index (χ0n) is 13.7. The average Bonchev–Trinajstić information content (AvgIpc) is 2.92. The fourth-order valence-electron chi connectivity index (χ4n) is 2.86. The molecule has 0 amide bonds. The van der Waals surface area contributed by atoms with Gasteiger partial charge in [-0.05, 0) is 43.4 Å². The Bertz CT molecular complexity index is 566. The normalized spacial score (nSPS) is 22.2. The fourth-order valence-corrected chi connectivity index (χ4v) is 3.80. The molecule has 0 unspecified atom stereocenters. The van der Waals surface area contributed by atoms with E-state index in [2.05, 4.69) is 30.7 Å². The number of nitrogens with one attached hydrogen (secondary N) is 1. The molecule has 1 aliphatic carbocycles. The second-order valence-corrected chi connectivity index (χ2v) is 8.40. The van der Waals surface area contributed by atoms with E-state index in [4.69, 9.17) is 4.74 Å². The van der Waals surface area contributed by atoms with Crippen LogP contribution in [0.5, 0.6) is 5.75 Å². The number of sulfonamides is 1. The molecule has 1 aromatic rings. The largest absolute Gasteiger partial charge is 0.493 e. The van der Waals surface area contributed by atoms with E-state index in [0.717, 1.165) is 25.0 Å². The highest BCUT2D eigenvalue weighted by Gasteiger charge is 2.30. The van der Waals surface area contributed by atoms with Crippen LogP contribution in [0.1, 0.15) is 51.5 Å². The maximum atomic E-state index is 11.7. The summed E-state index contributed by atoms with van der Waals surface area (Å²) < 4.78 is 32.1. The summed E-state index contributed by atoms with van der Waals surface area (Å²) in [6, 6.07) is 8.18. The molecule has 0 aromatic heterocycles. The van der Waals surface area contributed by atoms with Crippen molar-refractivity contribution in [2.45, 2.75) is 52.0 Å². The summed E-state index contributed by atoms with van der Waals surface area (Å²) in [6.07, 6.45) is 2.97. The molecule has 0 spiro atoms. The third-order valence-corrected chi connectivity index (χ3v) is 5.80. The van der Waals surface area contributed by atoms with E-state index in [1.807, 2.05) is 12.1 Å². The maximum Gasteiger partial charge on any atom is 0.211 e. The van der Waals surface area contributed by atoms with Crippen LogP contribution in [-0.2, 0) is 10.0 Å². The molecule has 0 saturated heterocycles. The molecule has 0 aliphatic heterocycles. The van der Waals surface area contributed by atoms with E-state index in [1.54, 1.807) is 6.92 Å². The van der Waals surface area contributed by atoms with Crippen molar-refractivity contribution in [3.8, 4) is 5.75 Å². The van der Waals surface area contributed by atoms with Gasteiger partial charge in [-0.3, -0.25) is 0 Å². The lowest BCUT2D eigenvalue weighted by atomic mass is 10.0. The van der Waals surface area contributed by atoms with Crippen molar-refractivity contribution in [1.82, 2.24) is 4.72 Å². The van der Waals surface area contributed by atoms with Gasteiger partial charge in [-0.25, -0.2) is 13.1 Å². The van der Waals surface area contributed by atoms with Crippen LogP contribution in [0.2, 0.25) is 0 Å². The number of hydrogen-bond acceptors (Lipinski definition) is 3. The summed E-state index contributed by atoms with van der Waals surface area (Å²) in [5, 5.41) is 0. The van der Waals surface area contributed by atoms with Gasteiger partial charge in [-0.1, -0.05) is 32.4 Å². The second kappa shape index (κ2) is 7.47. The average molecular weight is 325 g/mol. The van der Waals surface area contributed by atoms with Crippen LogP contribution >= 0.6 is 0 Å². The van der Waals surface area contributed by atoms with Crippen LogP contribution in [0.4, 0.5) is 0 Å². The van der Waals surface area contributed by atoms with E-state index in [-0.39, 0.29) is 17.7 Å². The molecule has 0 heterocycles. The number of rotatable bonds is 7.